The van der Waals surface area contributed by atoms with Crippen molar-refractivity contribution in [1.29, 1.82) is 0 Å². The van der Waals surface area contributed by atoms with Crippen LogP contribution < -0.4 is 50.9 Å². The second kappa shape index (κ2) is 7.53. The smallest absolute Gasteiger partial charge is 1.00 e. The van der Waals surface area contributed by atoms with Crippen LogP contribution in [0.15, 0.2) is 12.1 Å². The summed E-state index contributed by atoms with van der Waals surface area (Å²) in [6, 6.07) is 2.34. The zero-order valence-corrected chi connectivity index (χ0v) is 15.8. The van der Waals surface area contributed by atoms with Gasteiger partial charge in [-0.15, -0.1) is 0 Å². The van der Waals surface area contributed by atoms with Crippen molar-refractivity contribution in [2.75, 3.05) is 0 Å². The molecule has 2 rings (SSSR count). The molecule has 1 aliphatic carbocycles. The van der Waals surface area contributed by atoms with Crippen molar-refractivity contribution in [2.45, 2.75) is 25.0 Å². The maximum absolute atomic E-state index is 2.34. The minimum atomic E-state index is 0. The van der Waals surface area contributed by atoms with E-state index < -0.39 is 0 Å². The number of rotatable bonds is 0. The standard InChI is InChI=1S/C12H13.3BrH.Ti/c1-8-7-11-5-4-6-12(11)10(3)9(8)2;;;;/h4-7H,1-3H3;3*1H;/q;;;;+3/p-3. The van der Waals surface area contributed by atoms with Crippen molar-refractivity contribution in [2.24, 2.45) is 0 Å². The Hall–Kier alpha value is 1.11. The molecule has 86 valence electrons. The first-order chi connectivity index (χ1) is 6.11. The first-order valence-corrected chi connectivity index (χ1v) is 5.51. The Bertz CT molecular complexity index is 400. The van der Waals surface area contributed by atoms with Gasteiger partial charge in [0.05, 0.1) is 0 Å². The Morgan fingerprint density at radius 2 is 1.56 bits per heavy atom. The van der Waals surface area contributed by atoms with Crippen LogP contribution in [-0.2, 0) is 20.4 Å². The van der Waals surface area contributed by atoms with E-state index in [1.807, 2.05) is 0 Å². The third kappa shape index (κ3) is 3.32. The molecule has 4 heteroatoms. The first-order valence-electron chi connectivity index (χ1n) is 4.61. The molecule has 0 spiro atoms. The van der Waals surface area contributed by atoms with Gasteiger partial charge in [0.25, 0.3) is 0 Å². The summed E-state index contributed by atoms with van der Waals surface area (Å²) in [5.41, 5.74) is 7.27. The van der Waals surface area contributed by atoms with Crippen molar-refractivity contribution in [3.05, 3.63) is 40.0 Å². The first kappa shape index (κ1) is 19.5. The molecule has 0 saturated heterocycles. The third-order valence-corrected chi connectivity index (χ3v) is 3.82. The minimum absolute atomic E-state index is 0. The summed E-state index contributed by atoms with van der Waals surface area (Å²) >= 11 is 2.26. The van der Waals surface area contributed by atoms with Crippen LogP contribution in [0.3, 0.4) is 0 Å². The molecule has 1 aromatic carbocycles. The minimum Gasteiger partial charge on any atom is -1.00 e. The van der Waals surface area contributed by atoms with Crippen molar-refractivity contribution in [1.82, 2.24) is 0 Å². The summed E-state index contributed by atoms with van der Waals surface area (Å²) in [7, 11) is 0. The fourth-order valence-corrected chi connectivity index (χ4v) is 2.43. The Balaban J connectivity index is 0. The molecule has 16 heavy (non-hydrogen) atoms. The van der Waals surface area contributed by atoms with E-state index in [4.69, 9.17) is 0 Å². The maximum Gasteiger partial charge on any atom is -1.00 e. The van der Waals surface area contributed by atoms with Gasteiger partial charge in [0, 0.05) is 0 Å². The van der Waals surface area contributed by atoms with Crippen LogP contribution in [0.25, 0.3) is 6.08 Å². The van der Waals surface area contributed by atoms with E-state index in [1.54, 1.807) is 0 Å². The van der Waals surface area contributed by atoms with Gasteiger partial charge < -0.3 is 50.9 Å². The van der Waals surface area contributed by atoms with Crippen LogP contribution in [-0.4, -0.2) is 0 Å². The number of hydrogen-bond acceptors (Lipinski definition) is 0. The number of hydrogen-bond donors (Lipinski definition) is 0. The van der Waals surface area contributed by atoms with Gasteiger partial charge in [-0.2, -0.15) is 0 Å². The van der Waals surface area contributed by atoms with Crippen molar-refractivity contribution in [3.8, 4) is 0 Å². The maximum atomic E-state index is 2.34. The number of halogens is 3. The summed E-state index contributed by atoms with van der Waals surface area (Å²) in [6.07, 6.45) is 4.55. The van der Waals surface area contributed by atoms with Gasteiger partial charge in [0.1, 0.15) is 0 Å². The quantitative estimate of drug-likeness (QED) is 0.350. The zero-order chi connectivity index (χ0) is 9.59. The summed E-state index contributed by atoms with van der Waals surface area (Å²) in [5.74, 6) is 0. The number of benzene rings is 1. The fraction of sp³-hybridized carbons (Fsp3) is 0.333. The molecule has 0 amide bonds. The fourth-order valence-electron chi connectivity index (χ4n) is 1.91. The van der Waals surface area contributed by atoms with Gasteiger partial charge in [0.15, 0.2) is 0 Å². The molecule has 1 aliphatic rings. The van der Waals surface area contributed by atoms with Crippen LogP contribution >= 0.6 is 0 Å². The number of aryl methyl sites for hydroxylation is 1. The SMILES string of the molecule is Cc1cc2c(c(C)c1C)C=C[CH]2[Ti+3].[Br-].[Br-].[Br-]. The predicted octanol–water partition coefficient (Wildman–Crippen LogP) is -5.76. The molecule has 0 saturated carbocycles. The molecule has 0 heterocycles. The molecular weight excluding hydrogens is 432 g/mol. The topological polar surface area (TPSA) is 0 Å². The average molecular weight is 445 g/mol. The van der Waals surface area contributed by atoms with Crippen molar-refractivity contribution >= 4 is 6.08 Å². The molecule has 1 aromatic rings. The van der Waals surface area contributed by atoms with Gasteiger partial charge in [-0.1, -0.05) is 0 Å². The van der Waals surface area contributed by atoms with Crippen LogP contribution in [0, 0.1) is 20.8 Å². The number of fused-ring (bicyclic) bond motifs is 1. The Morgan fingerprint density at radius 3 is 2.12 bits per heavy atom. The summed E-state index contributed by atoms with van der Waals surface area (Å²) in [6.45, 7) is 6.64. The van der Waals surface area contributed by atoms with E-state index in [-0.39, 0.29) is 50.9 Å². The molecule has 0 bridgehead atoms. The van der Waals surface area contributed by atoms with E-state index in [9.17, 15) is 0 Å². The van der Waals surface area contributed by atoms with Gasteiger partial charge in [-0.25, -0.2) is 0 Å². The zero-order valence-electron chi connectivity index (χ0n) is 9.44. The van der Waals surface area contributed by atoms with Gasteiger partial charge in [-0.3, -0.25) is 0 Å². The van der Waals surface area contributed by atoms with E-state index >= 15 is 0 Å². The molecule has 1 atom stereocenters. The summed E-state index contributed by atoms with van der Waals surface area (Å²) in [4.78, 5) is 0. The Morgan fingerprint density at radius 1 is 1.00 bits per heavy atom. The van der Waals surface area contributed by atoms with E-state index in [0.717, 1.165) is 0 Å². The van der Waals surface area contributed by atoms with Crippen LogP contribution in [0.2, 0.25) is 0 Å². The molecule has 0 nitrogen and oxygen atoms in total. The second-order valence-corrected chi connectivity index (χ2v) is 4.75. The van der Waals surface area contributed by atoms with Crippen LogP contribution in [0.5, 0.6) is 0 Å². The van der Waals surface area contributed by atoms with Crippen LogP contribution in [0.4, 0.5) is 0 Å². The molecular formula is C12H13Br3Ti. The van der Waals surface area contributed by atoms with E-state index in [2.05, 4.69) is 59.4 Å². The Labute approximate surface area is 141 Å². The largest absolute Gasteiger partial charge is 1.00 e. The Kier molecular flexibility index (Phi) is 9.15. The third-order valence-electron chi connectivity index (χ3n) is 3.03. The molecule has 0 aromatic heterocycles. The molecule has 0 radical (unpaired) electrons. The van der Waals surface area contributed by atoms with E-state index in [0.29, 0.717) is 4.22 Å². The molecule has 0 fully saturated rings. The normalized spacial score (nSPS) is 15.7. The second-order valence-electron chi connectivity index (χ2n) is 3.78. The van der Waals surface area contributed by atoms with Crippen molar-refractivity contribution in [3.63, 3.8) is 0 Å². The molecule has 1 unspecified atom stereocenters. The van der Waals surface area contributed by atoms with Gasteiger partial charge in [-0.05, 0) is 0 Å². The monoisotopic (exact) mass is 442 g/mol. The molecule has 0 aliphatic heterocycles. The van der Waals surface area contributed by atoms with Crippen LogP contribution in [0.1, 0.15) is 32.0 Å². The molecule has 0 N–H and O–H groups in total. The van der Waals surface area contributed by atoms with Crippen molar-refractivity contribution < 1.29 is 71.4 Å². The van der Waals surface area contributed by atoms with Gasteiger partial charge >= 0.3 is 91.5 Å². The average Bonchev–Trinajstić information content (AvgIpc) is 2.45. The van der Waals surface area contributed by atoms with E-state index in [1.165, 1.54) is 27.8 Å². The van der Waals surface area contributed by atoms with Gasteiger partial charge in [0.2, 0.25) is 0 Å². The number of allylic oxidation sites excluding steroid dienone is 1. The summed E-state index contributed by atoms with van der Waals surface area (Å²) in [5, 5.41) is 0. The predicted molar refractivity (Wildman–Crippen MR) is 52.4 cm³/mol. The summed E-state index contributed by atoms with van der Waals surface area (Å²) < 4.78 is 0.605.